The molecule has 1 aliphatic carbocycles. The van der Waals surface area contributed by atoms with Crippen molar-refractivity contribution in [3.8, 4) is 0 Å². The van der Waals surface area contributed by atoms with Gasteiger partial charge in [0, 0.05) is 42.8 Å². The van der Waals surface area contributed by atoms with E-state index in [2.05, 4.69) is 10.3 Å². The Morgan fingerprint density at radius 1 is 1.25 bits per heavy atom. The lowest BCUT2D eigenvalue weighted by atomic mass is 9.87. The number of aryl methyl sites for hydroxylation is 1. The highest BCUT2D eigenvalue weighted by Gasteiger charge is 2.28. The quantitative estimate of drug-likeness (QED) is 0.843. The molecule has 1 N–H and O–H groups in total. The summed E-state index contributed by atoms with van der Waals surface area (Å²) in [7, 11) is 0. The van der Waals surface area contributed by atoms with Crippen molar-refractivity contribution < 1.29 is 9.59 Å². The number of amides is 2. The molecule has 0 radical (unpaired) electrons. The molecule has 1 saturated heterocycles. The molecule has 5 nitrogen and oxygen atoms in total. The van der Waals surface area contributed by atoms with E-state index in [0.29, 0.717) is 6.54 Å². The summed E-state index contributed by atoms with van der Waals surface area (Å²) in [5, 5.41) is 3.07. The average Bonchev–Trinajstić information content (AvgIpc) is 3.18. The molecule has 148 valence electrons. The molecule has 0 unspecified atom stereocenters. The van der Waals surface area contributed by atoms with Gasteiger partial charge in [-0.25, -0.2) is 0 Å². The predicted molar refractivity (Wildman–Crippen MR) is 111 cm³/mol. The largest absolute Gasteiger partial charge is 0.356 e. The molecule has 0 saturated carbocycles. The van der Waals surface area contributed by atoms with Crippen molar-refractivity contribution in [2.24, 2.45) is 5.92 Å². The number of carbonyl (C=O) groups excluding carboxylic acids is 2. The molecule has 0 bridgehead atoms. The molecular weight excluding hydrogens is 370 g/mol. The SMILES string of the molecule is O=C(NCCc1cccnc1)[C@@H]1CCc2sc(C(=O)N3CCCCC3)cc2C1. The summed E-state index contributed by atoms with van der Waals surface area (Å²) >= 11 is 1.64. The lowest BCUT2D eigenvalue weighted by Gasteiger charge is -2.26. The maximum absolute atomic E-state index is 12.8. The number of likely N-dealkylation sites (tertiary alicyclic amines) is 1. The van der Waals surface area contributed by atoms with Gasteiger partial charge in [0.15, 0.2) is 0 Å². The van der Waals surface area contributed by atoms with E-state index in [0.717, 1.165) is 62.1 Å². The lowest BCUT2D eigenvalue weighted by molar-refractivity contribution is -0.125. The number of thiophene rings is 1. The van der Waals surface area contributed by atoms with Gasteiger partial charge in [-0.2, -0.15) is 0 Å². The molecule has 0 spiro atoms. The number of piperidine rings is 1. The Morgan fingerprint density at radius 2 is 2.11 bits per heavy atom. The van der Waals surface area contributed by atoms with Crippen LogP contribution < -0.4 is 5.32 Å². The van der Waals surface area contributed by atoms with Crippen LogP contribution in [0.4, 0.5) is 0 Å². The standard InChI is InChI=1S/C22H27N3O2S/c26-21(24-10-8-16-5-4-9-23-15-16)17-6-7-19-18(13-17)14-20(28-19)22(27)25-11-2-1-3-12-25/h4-5,9,14-15,17H,1-3,6-8,10-13H2,(H,24,26)/t17-/m1/s1. The first-order valence-electron chi connectivity index (χ1n) is 10.3. The highest BCUT2D eigenvalue weighted by molar-refractivity contribution is 7.14. The molecule has 4 rings (SSSR count). The van der Waals surface area contributed by atoms with Gasteiger partial charge in [0.05, 0.1) is 4.88 Å². The zero-order valence-corrected chi connectivity index (χ0v) is 17.0. The first-order valence-corrected chi connectivity index (χ1v) is 11.1. The van der Waals surface area contributed by atoms with Crippen LogP contribution in [0.25, 0.3) is 0 Å². The van der Waals surface area contributed by atoms with E-state index in [9.17, 15) is 9.59 Å². The number of pyridine rings is 1. The van der Waals surface area contributed by atoms with Crippen molar-refractivity contribution in [3.63, 3.8) is 0 Å². The van der Waals surface area contributed by atoms with Crippen molar-refractivity contribution in [1.82, 2.24) is 15.2 Å². The Hall–Kier alpha value is -2.21. The highest BCUT2D eigenvalue weighted by Crippen LogP contribution is 2.33. The van der Waals surface area contributed by atoms with Gasteiger partial charge in [0.2, 0.25) is 5.91 Å². The zero-order valence-electron chi connectivity index (χ0n) is 16.2. The fourth-order valence-corrected chi connectivity index (χ4v) is 5.30. The third-order valence-corrected chi connectivity index (χ3v) is 6.97. The number of carbonyl (C=O) groups is 2. The molecule has 2 aliphatic rings. The Bertz CT molecular complexity index is 828. The van der Waals surface area contributed by atoms with E-state index in [1.165, 1.54) is 16.9 Å². The smallest absolute Gasteiger partial charge is 0.263 e. The second kappa shape index (κ2) is 8.86. The van der Waals surface area contributed by atoms with E-state index in [4.69, 9.17) is 0 Å². The molecule has 0 aromatic carbocycles. The minimum absolute atomic E-state index is 0.00828. The van der Waals surface area contributed by atoms with Gasteiger partial charge >= 0.3 is 0 Å². The van der Waals surface area contributed by atoms with Gasteiger partial charge in [0.25, 0.3) is 5.91 Å². The molecule has 28 heavy (non-hydrogen) atoms. The van der Waals surface area contributed by atoms with E-state index < -0.39 is 0 Å². The van der Waals surface area contributed by atoms with Gasteiger partial charge in [-0.05, 0) is 68.2 Å². The van der Waals surface area contributed by atoms with E-state index in [1.54, 1.807) is 17.5 Å². The third kappa shape index (κ3) is 4.43. The van der Waals surface area contributed by atoms with Crippen LogP contribution in [0.5, 0.6) is 0 Å². The topological polar surface area (TPSA) is 62.3 Å². The molecule has 6 heteroatoms. The number of fused-ring (bicyclic) bond motifs is 1. The van der Waals surface area contributed by atoms with Crippen molar-refractivity contribution >= 4 is 23.2 Å². The molecule has 1 aliphatic heterocycles. The number of nitrogens with one attached hydrogen (secondary N) is 1. The first kappa shape index (κ1) is 19.1. The minimum atomic E-state index is 0.00828. The maximum atomic E-state index is 12.8. The molecule has 1 fully saturated rings. The average molecular weight is 398 g/mol. The van der Waals surface area contributed by atoms with Crippen molar-refractivity contribution in [2.75, 3.05) is 19.6 Å². The molecule has 2 amide bonds. The number of rotatable bonds is 5. The summed E-state index contributed by atoms with van der Waals surface area (Å²) in [5.74, 6) is 0.315. The Morgan fingerprint density at radius 3 is 2.89 bits per heavy atom. The van der Waals surface area contributed by atoms with Crippen LogP contribution in [-0.4, -0.2) is 41.3 Å². The van der Waals surface area contributed by atoms with Crippen molar-refractivity contribution in [1.29, 1.82) is 0 Å². The van der Waals surface area contributed by atoms with E-state index in [1.807, 2.05) is 29.3 Å². The maximum Gasteiger partial charge on any atom is 0.263 e. The van der Waals surface area contributed by atoms with E-state index >= 15 is 0 Å². The van der Waals surface area contributed by atoms with Crippen LogP contribution in [0.15, 0.2) is 30.6 Å². The summed E-state index contributed by atoms with van der Waals surface area (Å²) in [6, 6.07) is 5.99. The summed E-state index contributed by atoms with van der Waals surface area (Å²) < 4.78 is 0. The van der Waals surface area contributed by atoms with Gasteiger partial charge in [-0.3, -0.25) is 14.6 Å². The fourth-order valence-electron chi connectivity index (χ4n) is 4.13. The molecule has 1 atom stereocenters. The first-order chi connectivity index (χ1) is 13.7. The monoisotopic (exact) mass is 397 g/mol. The van der Waals surface area contributed by atoms with Crippen LogP contribution in [0.1, 0.15) is 51.4 Å². The molecule has 2 aromatic heterocycles. The number of aromatic nitrogens is 1. The zero-order chi connectivity index (χ0) is 19.3. The van der Waals surface area contributed by atoms with Crippen LogP contribution in [-0.2, 0) is 24.1 Å². The normalized spacial score (nSPS) is 19.1. The van der Waals surface area contributed by atoms with E-state index in [-0.39, 0.29) is 17.7 Å². The predicted octanol–water partition coefficient (Wildman–Crippen LogP) is 3.23. The molecule has 3 heterocycles. The second-order valence-electron chi connectivity index (χ2n) is 7.75. The van der Waals surface area contributed by atoms with Crippen LogP contribution in [0.2, 0.25) is 0 Å². The third-order valence-electron chi connectivity index (χ3n) is 5.74. The fraction of sp³-hybridized carbons (Fsp3) is 0.500. The number of nitrogens with zero attached hydrogens (tertiary/aromatic N) is 2. The van der Waals surface area contributed by atoms with Crippen LogP contribution >= 0.6 is 11.3 Å². The lowest BCUT2D eigenvalue weighted by Crippen LogP contribution is -2.35. The van der Waals surface area contributed by atoms with Crippen LogP contribution in [0.3, 0.4) is 0 Å². The number of hydrogen-bond donors (Lipinski definition) is 1. The molecule has 2 aromatic rings. The summed E-state index contributed by atoms with van der Waals surface area (Å²) in [4.78, 5) is 33.6. The summed E-state index contributed by atoms with van der Waals surface area (Å²) in [5.41, 5.74) is 2.33. The van der Waals surface area contributed by atoms with Gasteiger partial charge in [-0.1, -0.05) is 6.07 Å². The second-order valence-corrected chi connectivity index (χ2v) is 8.89. The van der Waals surface area contributed by atoms with Crippen LogP contribution in [0, 0.1) is 5.92 Å². The number of hydrogen-bond acceptors (Lipinski definition) is 4. The Kier molecular flexibility index (Phi) is 6.05. The van der Waals surface area contributed by atoms with Gasteiger partial charge < -0.3 is 10.2 Å². The summed E-state index contributed by atoms with van der Waals surface area (Å²) in [6.07, 6.45) is 10.3. The minimum Gasteiger partial charge on any atom is -0.356 e. The Labute approximate surface area is 170 Å². The van der Waals surface area contributed by atoms with Gasteiger partial charge in [-0.15, -0.1) is 11.3 Å². The van der Waals surface area contributed by atoms with Crippen molar-refractivity contribution in [3.05, 3.63) is 51.5 Å². The molecular formula is C22H27N3O2S. The Balaban J connectivity index is 1.32. The summed E-state index contributed by atoms with van der Waals surface area (Å²) in [6.45, 7) is 2.39. The van der Waals surface area contributed by atoms with Crippen molar-refractivity contribution in [2.45, 2.75) is 44.9 Å². The highest BCUT2D eigenvalue weighted by atomic mass is 32.1. The van der Waals surface area contributed by atoms with Gasteiger partial charge in [0.1, 0.15) is 0 Å².